The van der Waals surface area contributed by atoms with E-state index in [1.807, 2.05) is 24.3 Å². The van der Waals surface area contributed by atoms with Gasteiger partial charge in [0, 0.05) is 18.2 Å². The highest BCUT2D eigenvalue weighted by Gasteiger charge is 2.20. The standard InChI is InChI=1S/C25H23N5O/c1-16-9-8-10-17(2)20(16)15-30-22-14-7-6-13-21(22)27-23(30)18-11-4-5-12-19(18)24-28-29-25(26-3)31-24/h4-14H,15H2,1-3H3,(H,26,29). The number of anilines is 1. The molecule has 3 aromatic carbocycles. The molecular formula is C25H23N5O. The lowest BCUT2D eigenvalue weighted by atomic mass is 10.0. The fourth-order valence-corrected chi connectivity index (χ4v) is 4.00. The van der Waals surface area contributed by atoms with Crippen molar-refractivity contribution in [1.29, 1.82) is 0 Å². The lowest BCUT2D eigenvalue weighted by Gasteiger charge is -2.15. The first kappa shape index (κ1) is 19.1. The monoisotopic (exact) mass is 409 g/mol. The Labute approximate surface area is 180 Å². The third kappa shape index (κ3) is 3.36. The molecule has 31 heavy (non-hydrogen) atoms. The number of benzene rings is 3. The summed E-state index contributed by atoms with van der Waals surface area (Å²) in [5.74, 6) is 1.34. The van der Waals surface area contributed by atoms with Gasteiger partial charge in [-0.05, 0) is 48.7 Å². The number of aryl methyl sites for hydroxylation is 2. The van der Waals surface area contributed by atoms with Gasteiger partial charge in [-0.25, -0.2) is 4.98 Å². The van der Waals surface area contributed by atoms with Crippen molar-refractivity contribution in [2.75, 3.05) is 12.4 Å². The van der Waals surface area contributed by atoms with E-state index in [-0.39, 0.29) is 0 Å². The highest BCUT2D eigenvalue weighted by molar-refractivity contribution is 5.85. The maximum atomic E-state index is 5.78. The second-order valence-corrected chi connectivity index (χ2v) is 7.59. The third-order valence-electron chi connectivity index (χ3n) is 5.65. The number of aromatic nitrogens is 4. The Balaban J connectivity index is 1.73. The van der Waals surface area contributed by atoms with Gasteiger partial charge < -0.3 is 14.3 Å². The predicted octanol–water partition coefficient (Wildman–Crippen LogP) is 5.46. The van der Waals surface area contributed by atoms with Crippen molar-refractivity contribution in [2.24, 2.45) is 0 Å². The Kier molecular flexibility index (Phi) is 4.75. The van der Waals surface area contributed by atoms with E-state index in [9.17, 15) is 0 Å². The summed E-state index contributed by atoms with van der Waals surface area (Å²) >= 11 is 0. The molecule has 6 nitrogen and oxygen atoms in total. The third-order valence-corrected chi connectivity index (χ3v) is 5.65. The molecule has 2 heterocycles. The van der Waals surface area contributed by atoms with Gasteiger partial charge in [0.1, 0.15) is 5.82 Å². The summed E-state index contributed by atoms with van der Waals surface area (Å²) in [6, 6.07) is 23.1. The molecule has 6 heteroatoms. The van der Waals surface area contributed by atoms with Gasteiger partial charge in [-0.15, -0.1) is 5.10 Å². The number of hydrogen-bond acceptors (Lipinski definition) is 5. The summed E-state index contributed by atoms with van der Waals surface area (Å²) in [4.78, 5) is 5.01. The number of fused-ring (bicyclic) bond motifs is 1. The van der Waals surface area contributed by atoms with E-state index >= 15 is 0 Å². The molecule has 154 valence electrons. The van der Waals surface area contributed by atoms with Crippen LogP contribution in [0.3, 0.4) is 0 Å². The van der Waals surface area contributed by atoms with Crippen LogP contribution in [-0.2, 0) is 6.54 Å². The van der Waals surface area contributed by atoms with Crippen LogP contribution >= 0.6 is 0 Å². The summed E-state index contributed by atoms with van der Waals surface area (Å²) in [5.41, 5.74) is 7.71. The SMILES string of the molecule is CNc1nnc(-c2ccccc2-c2nc3ccccc3n2Cc2c(C)cccc2C)o1. The molecule has 1 N–H and O–H groups in total. The molecule has 0 aliphatic rings. The molecule has 0 unspecified atom stereocenters. The summed E-state index contributed by atoms with van der Waals surface area (Å²) in [6.45, 7) is 5.05. The van der Waals surface area contributed by atoms with Crippen LogP contribution in [0.2, 0.25) is 0 Å². The van der Waals surface area contributed by atoms with Crippen LogP contribution in [0.4, 0.5) is 6.01 Å². The minimum absolute atomic E-state index is 0.383. The van der Waals surface area contributed by atoms with Gasteiger partial charge in [-0.1, -0.05) is 53.6 Å². The van der Waals surface area contributed by atoms with E-state index in [1.165, 1.54) is 16.7 Å². The van der Waals surface area contributed by atoms with Crippen LogP contribution in [0.15, 0.2) is 71.1 Å². The quantitative estimate of drug-likeness (QED) is 0.417. The first-order chi connectivity index (χ1) is 15.2. The molecule has 0 radical (unpaired) electrons. The molecule has 0 spiro atoms. The zero-order chi connectivity index (χ0) is 21.4. The van der Waals surface area contributed by atoms with Crippen molar-refractivity contribution in [3.05, 3.63) is 83.4 Å². The molecule has 2 aromatic heterocycles. The van der Waals surface area contributed by atoms with Gasteiger partial charge >= 0.3 is 6.01 Å². The lowest BCUT2D eigenvalue weighted by Crippen LogP contribution is -2.06. The van der Waals surface area contributed by atoms with Gasteiger partial charge in [0.2, 0.25) is 5.89 Å². The zero-order valence-corrected chi connectivity index (χ0v) is 17.8. The average Bonchev–Trinajstić information content (AvgIpc) is 3.41. The van der Waals surface area contributed by atoms with Gasteiger partial charge in [-0.3, -0.25) is 0 Å². The number of para-hydroxylation sites is 2. The maximum Gasteiger partial charge on any atom is 0.315 e. The summed E-state index contributed by atoms with van der Waals surface area (Å²) < 4.78 is 8.06. The normalized spacial score (nSPS) is 11.2. The zero-order valence-electron chi connectivity index (χ0n) is 17.8. The van der Waals surface area contributed by atoms with E-state index in [4.69, 9.17) is 9.40 Å². The number of rotatable bonds is 5. The van der Waals surface area contributed by atoms with Gasteiger partial charge in [0.05, 0.1) is 17.6 Å². The van der Waals surface area contributed by atoms with Crippen LogP contribution in [0, 0.1) is 13.8 Å². The molecule has 0 aliphatic heterocycles. The van der Waals surface area contributed by atoms with Crippen LogP contribution in [-0.4, -0.2) is 26.8 Å². The van der Waals surface area contributed by atoms with Crippen LogP contribution < -0.4 is 5.32 Å². The van der Waals surface area contributed by atoms with Crippen molar-refractivity contribution in [3.8, 4) is 22.8 Å². The van der Waals surface area contributed by atoms with Crippen LogP contribution in [0.25, 0.3) is 33.9 Å². The molecule has 0 amide bonds. The fraction of sp³-hybridized carbons (Fsp3) is 0.160. The van der Waals surface area contributed by atoms with E-state index in [1.54, 1.807) is 7.05 Å². The van der Waals surface area contributed by atoms with E-state index < -0.39 is 0 Å². The predicted molar refractivity (Wildman–Crippen MR) is 123 cm³/mol. The molecule has 0 saturated heterocycles. The van der Waals surface area contributed by atoms with Crippen molar-refractivity contribution >= 4 is 17.0 Å². The molecule has 5 rings (SSSR count). The average molecular weight is 409 g/mol. The summed E-state index contributed by atoms with van der Waals surface area (Å²) in [7, 11) is 1.76. The highest BCUT2D eigenvalue weighted by Crippen LogP contribution is 2.34. The Hall–Kier alpha value is -3.93. The molecular weight excluding hydrogens is 386 g/mol. The van der Waals surface area contributed by atoms with Gasteiger partial charge in [-0.2, -0.15) is 0 Å². The van der Waals surface area contributed by atoms with E-state index in [2.05, 4.69) is 76.4 Å². The maximum absolute atomic E-state index is 5.78. The molecule has 0 fully saturated rings. The summed E-state index contributed by atoms with van der Waals surface area (Å²) in [5, 5.41) is 11.2. The summed E-state index contributed by atoms with van der Waals surface area (Å²) in [6.07, 6.45) is 0. The Morgan fingerprint density at radius 3 is 2.29 bits per heavy atom. The van der Waals surface area contributed by atoms with Crippen LogP contribution in [0.5, 0.6) is 0 Å². The number of imidazole rings is 1. The number of nitrogens with zero attached hydrogens (tertiary/aromatic N) is 4. The Morgan fingerprint density at radius 1 is 0.839 bits per heavy atom. The highest BCUT2D eigenvalue weighted by atomic mass is 16.4. The fourth-order valence-electron chi connectivity index (χ4n) is 4.00. The molecule has 0 aliphatic carbocycles. The lowest BCUT2D eigenvalue weighted by molar-refractivity contribution is 0.585. The van der Waals surface area contributed by atoms with Crippen molar-refractivity contribution < 1.29 is 4.42 Å². The molecule has 5 aromatic rings. The number of nitrogens with one attached hydrogen (secondary N) is 1. The van der Waals surface area contributed by atoms with Crippen molar-refractivity contribution in [2.45, 2.75) is 20.4 Å². The first-order valence-electron chi connectivity index (χ1n) is 10.3. The minimum Gasteiger partial charge on any atom is -0.403 e. The smallest absolute Gasteiger partial charge is 0.315 e. The Morgan fingerprint density at radius 2 is 1.55 bits per heavy atom. The van der Waals surface area contributed by atoms with Gasteiger partial charge in [0.15, 0.2) is 0 Å². The Bertz CT molecular complexity index is 1360. The van der Waals surface area contributed by atoms with Crippen LogP contribution in [0.1, 0.15) is 16.7 Å². The largest absolute Gasteiger partial charge is 0.403 e. The van der Waals surface area contributed by atoms with Crippen molar-refractivity contribution in [3.63, 3.8) is 0 Å². The molecule has 0 bridgehead atoms. The second-order valence-electron chi connectivity index (χ2n) is 7.59. The molecule has 0 saturated carbocycles. The molecule has 0 atom stereocenters. The topological polar surface area (TPSA) is 68.8 Å². The van der Waals surface area contributed by atoms with Crippen molar-refractivity contribution in [1.82, 2.24) is 19.7 Å². The van der Waals surface area contributed by atoms with E-state index in [0.717, 1.165) is 34.5 Å². The minimum atomic E-state index is 0.383. The number of hydrogen-bond donors (Lipinski definition) is 1. The van der Waals surface area contributed by atoms with E-state index in [0.29, 0.717) is 11.9 Å². The first-order valence-corrected chi connectivity index (χ1v) is 10.3. The second kappa shape index (κ2) is 7.72. The van der Waals surface area contributed by atoms with Gasteiger partial charge in [0.25, 0.3) is 0 Å².